The van der Waals surface area contributed by atoms with Gasteiger partial charge < -0.3 is 25.0 Å². The highest BCUT2D eigenvalue weighted by Crippen LogP contribution is 2.21. The van der Waals surface area contributed by atoms with E-state index < -0.39 is 5.97 Å². The highest BCUT2D eigenvalue weighted by atomic mass is 16.5. The summed E-state index contributed by atoms with van der Waals surface area (Å²) >= 11 is 0. The van der Waals surface area contributed by atoms with E-state index >= 15 is 0 Å². The molecule has 8 nitrogen and oxygen atoms in total. The summed E-state index contributed by atoms with van der Waals surface area (Å²) in [4.78, 5) is 37.5. The van der Waals surface area contributed by atoms with Crippen molar-refractivity contribution in [3.05, 3.63) is 35.9 Å². The van der Waals surface area contributed by atoms with Crippen molar-refractivity contribution in [1.82, 2.24) is 15.5 Å². The fourth-order valence-corrected chi connectivity index (χ4v) is 3.39. The number of urea groups is 1. The van der Waals surface area contributed by atoms with Gasteiger partial charge in [-0.3, -0.25) is 9.59 Å². The van der Waals surface area contributed by atoms with Gasteiger partial charge in [0.1, 0.15) is 6.54 Å². The van der Waals surface area contributed by atoms with E-state index in [9.17, 15) is 14.4 Å². The van der Waals surface area contributed by atoms with Crippen molar-refractivity contribution < 1.29 is 23.9 Å². The molecule has 3 rings (SSSR count). The summed E-state index contributed by atoms with van der Waals surface area (Å²) in [6.07, 6.45) is 2.55. The number of ether oxygens (including phenoxy) is 2. The van der Waals surface area contributed by atoms with Crippen molar-refractivity contribution in [2.75, 3.05) is 39.5 Å². The van der Waals surface area contributed by atoms with E-state index in [0.717, 1.165) is 31.6 Å². The SMILES string of the molecule is O=C(COC(=O)CN1CCC(c2ccccc2)NC1=O)NCC1CCOCC1. The van der Waals surface area contributed by atoms with Crippen LogP contribution in [-0.2, 0) is 19.1 Å². The van der Waals surface area contributed by atoms with E-state index in [1.54, 1.807) is 0 Å². The monoisotopic (exact) mass is 389 g/mol. The van der Waals surface area contributed by atoms with Crippen molar-refractivity contribution in [3.8, 4) is 0 Å². The lowest BCUT2D eigenvalue weighted by Crippen LogP contribution is -2.50. The molecule has 2 aliphatic rings. The van der Waals surface area contributed by atoms with Crippen LogP contribution < -0.4 is 10.6 Å². The number of hydrogen-bond acceptors (Lipinski definition) is 5. The van der Waals surface area contributed by atoms with E-state index in [1.165, 1.54) is 4.90 Å². The number of nitrogens with one attached hydrogen (secondary N) is 2. The van der Waals surface area contributed by atoms with Crippen LogP contribution in [0, 0.1) is 5.92 Å². The maximum absolute atomic E-state index is 12.2. The van der Waals surface area contributed by atoms with E-state index in [0.29, 0.717) is 25.4 Å². The molecule has 8 heteroatoms. The molecule has 0 aliphatic carbocycles. The number of carbonyl (C=O) groups excluding carboxylic acids is 3. The smallest absolute Gasteiger partial charge is 0.326 e. The molecule has 0 radical (unpaired) electrons. The number of nitrogens with zero attached hydrogens (tertiary/aromatic N) is 1. The van der Waals surface area contributed by atoms with Crippen LogP contribution in [0.5, 0.6) is 0 Å². The summed E-state index contributed by atoms with van der Waals surface area (Å²) in [5, 5.41) is 5.68. The average Bonchev–Trinajstić information content (AvgIpc) is 2.73. The molecule has 1 aromatic rings. The van der Waals surface area contributed by atoms with Crippen LogP contribution in [0.25, 0.3) is 0 Å². The molecule has 1 aromatic carbocycles. The normalized spacial score (nSPS) is 20.4. The topological polar surface area (TPSA) is 97.0 Å². The first kappa shape index (κ1) is 20.1. The molecular weight excluding hydrogens is 362 g/mol. The molecule has 3 amide bonds. The molecule has 0 bridgehead atoms. The van der Waals surface area contributed by atoms with Crippen LogP contribution >= 0.6 is 0 Å². The first-order valence-electron chi connectivity index (χ1n) is 9.72. The second-order valence-electron chi connectivity index (χ2n) is 7.14. The van der Waals surface area contributed by atoms with E-state index in [2.05, 4.69) is 10.6 Å². The second-order valence-corrected chi connectivity index (χ2v) is 7.14. The molecule has 2 N–H and O–H groups in total. The first-order chi connectivity index (χ1) is 13.6. The first-order valence-corrected chi connectivity index (χ1v) is 9.72. The summed E-state index contributed by atoms with van der Waals surface area (Å²) < 4.78 is 10.3. The molecule has 152 valence electrons. The van der Waals surface area contributed by atoms with Crippen molar-refractivity contribution in [3.63, 3.8) is 0 Å². The van der Waals surface area contributed by atoms with Crippen molar-refractivity contribution in [1.29, 1.82) is 0 Å². The molecule has 28 heavy (non-hydrogen) atoms. The minimum absolute atomic E-state index is 0.0584. The fraction of sp³-hybridized carbons (Fsp3) is 0.550. The van der Waals surface area contributed by atoms with Crippen LogP contribution in [-0.4, -0.2) is 62.3 Å². The lowest BCUT2D eigenvalue weighted by Gasteiger charge is -2.32. The van der Waals surface area contributed by atoms with Crippen molar-refractivity contribution in [2.24, 2.45) is 5.92 Å². The number of benzene rings is 1. The molecule has 1 unspecified atom stereocenters. The van der Waals surface area contributed by atoms with Crippen LogP contribution in [0.2, 0.25) is 0 Å². The van der Waals surface area contributed by atoms with Gasteiger partial charge in [0.05, 0.1) is 6.04 Å². The van der Waals surface area contributed by atoms with E-state index in [-0.39, 0.29) is 31.1 Å². The quantitative estimate of drug-likeness (QED) is 0.684. The van der Waals surface area contributed by atoms with Gasteiger partial charge in [-0.15, -0.1) is 0 Å². The number of esters is 1. The maximum Gasteiger partial charge on any atom is 0.326 e. The summed E-state index contributed by atoms with van der Waals surface area (Å²) in [6, 6.07) is 9.35. The minimum Gasteiger partial charge on any atom is -0.454 e. The molecule has 2 aliphatic heterocycles. The van der Waals surface area contributed by atoms with Gasteiger partial charge in [0.15, 0.2) is 6.61 Å². The third kappa shape index (κ3) is 5.95. The molecule has 0 spiro atoms. The lowest BCUT2D eigenvalue weighted by molar-refractivity contribution is -0.149. The Kier molecular flexibility index (Phi) is 7.25. The third-order valence-electron chi connectivity index (χ3n) is 5.09. The van der Waals surface area contributed by atoms with Crippen LogP contribution in [0.4, 0.5) is 4.79 Å². The largest absolute Gasteiger partial charge is 0.454 e. The van der Waals surface area contributed by atoms with Gasteiger partial charge in [0.25, 0.3) is 5.91 Å². The standard InChI is InChI=1S/C20H27N3O5/c24-18(21-12-15-7-10-27-11-8-15)14-28-19(25)13-23-9-6-17(22-20(23)26)16-4-2-1-3-5-16/h1-5,15,17H,6-14H2,(H,21,24)(H,22,26). The zero-order chi connectivity index (χ0) is 19.8. The summed E-state index contributed by atoms with van der Waals surface area (Å²) in [7, 11) is 0. The molecule has 2 fully saturated rings. The second kappa shape index (κ2) is 10.1. The molecule has 2 saturated heterocycles. The Hall–Kier alpha value is -2.61. The Morgan fingerprint density at radius 1 is 1.18 bits per heavy atom. The molecule has 1 atom stereocenters. The Labute approximate surface area is 164 Å². The van der Waals surface area contributed by atoms with E-state index in [4.69, 9.17) is 9.47 Å². The van der Waals surface area contributed by atoms with Crippen molar-refractivity contribution >= 4 is 17.9 Å². The van der Waals surface area contributed by atoms with Crippen molar-refractivity contribution in [2.45, 2.75) is 25.3 Å². The highest BCUT2D eigenvalue weighted by Gasteiger charge is 2.27. The summed E-state index contributed by atoms with van der Waals surface area (Å²) in [5.74, 6) is -0.510. The number of amides is 3. The molecule has 2 heterocycles. The Morgan fingerprint density at radius 3 is 2.64 bits per heavy atom. The number of rotatable bonds is 7. The number of hydrogen-bond donors (Lipinski definition) is 2. The fourth-order valence-electron chi connectivity index (χ4n) is 3.39. The van der Waals surface area contributed by atoms with Gasteiger partial charge in [-0.25, -0.2) is 4.79 Å². The van der Waals surface area contributed by atoms with Gasteiger partial charge >= 0.3 is 12.0 Å². The molecule has 0 aromatic heterocycles. The predicted octanol–water partition coefficient (Wildman–Crippen LogP) is 1.23. The van der Waals surface area contributed by atoms with Crippen LogP contribution in [0.1, 0.15) is 30.9 Å². The van der Waals surface area contributed by atoms with Gasteiger partial charge in [-0.05, 0) is 30.7 Å². The van der Waals surface area contributed by atoms with Gasteiger partial charge in [0, 0.05) is 26.3 Å². The molecule has 0 saturated carbocycles. The highest BCUT2D eigenvalue weighted by molar-refractivity contribution is 5.84. The van der Waals surface area contributed by atoms with Gasteiger partial charge in [0.2, 0.25) is 0 Å². The zero-order valence-electron chi connectivity index (χ0n) is 15.9. The average molecular weight is 389 g/mol. The predicted molar refractivity (Wildman–Crippen MR) is 101 cm³/mol. The third-order valence-corrected chi connectivity index (χ3v) is 5.09. The van der Waals surface area contributed by atoms with Crippen LogP contribution in [0.15, 0.2) is 30.3 Å². The van der Waals surface area contributed by atoms with Gasteiger partial charge in [-0.2, -0.15) is 0 Å². The summed E-state index contributed by atoms with van der Waals surface area (Å²) in [6.45, 7) is 1.97. The Balaban J connectivity index is 1.34. The van der Waals surface area contributed by atoms with E-state index in [1.807, 2.05) is 30.3 Å². The molecular formula is C20H27N3O5. The maximum atomic E-state index is 12.2. The Morgan fingerprint density at radius 2 is 1.93 bits per heavy atom. The van der Waals surface area contributed by atoms with Gasteiger partial charge in [-0.1, -0.05) is 30.3 Å². The zero-order valence-corrected chi connectivity index (χ0v) is 15.9. The lowest BCUT2D eigenvalue weighted by atomic mass is 10.0. The summed E-state index contributed by atoms with van der Waals surface area (Å²) in [5.41, 5.74) is 1.04. The Bertz CT molecular complexity index is 676. The number of carbonyl (C=O) groups is 3. The van der Waals surface area contributed by atoms with Crippen LogP contribution in [0.3, 0.4) is 0 Å². The minimum atomic E-state index is -0.588.